The molecule has 1 aliphatic carbocycles. The van der Waals surface area contributed by atoms with Crippen LogP contribution in [0.25, 0.3) is 0 Å². The fourth-order valence-electron chi connectivity index (χ4n) is 3.91. The van der Waals surface area contributed by atoms with Gasteiger partial charge in [0, 0.05) is 37.8 Å². The first kappa shape index (κ1) is 18.7. The van der Waals surface area contributed by atoms with Crippen LogP contribution in [-0.4, -0.2) is 42.6 Å². The molecule has 8 heteroatoms. The molecule has 0 bridgehead atoms. The lowest BCUT2D eigenvalue weighted by atomic mass is 9.84. The fraction of sp³-hybridized carbons (Fsp3) is 0.600. The van der Waals surface area contributed by atoms with Crippen LogP contribution in [0.15, 0.2) is 18.5 Å². The van der Waals surface area contributed by atoms with Crippen LogP contribution in [0.2, 0.25) is 0 Å². The third-order valence-electron chi connectivity index (χ3n) is 5.73. The summed E-state index contributed by atoms with van der Waals surface area (Å²) in [6.45, 7) is 4.91. The van der Waals surface area contributed by atoms with E-state index in [9.17, 15) is 9.59 Å². The lowest BCUT2D eigenvalue weighted by Gasteiger charge is -2.30. The summed E-state index contributed by atoms with van der Waals surface area (Å²) in [5.74, 6) is 1.37. The number of aryl methyl sites for hydroxylation is 2. The lowest BCUT2D eigenvalue weighted by Crippen LogP contribution is -2.38. The van der Waals surface area contributed by atoms with Crippen molar-refractivity contribution in [1.29, 1.82) is 0 Å². The molecule has 0 aromatic carbocycles. The molecule has 0 radical (unpaired) electrons. The largest absolute Gasteiger partial charge is 0.349 e. The molecule has 8 nitrogen and oxygen atoms in total. The molecule has 28 heavy (non-hydrogen) atoms. The van der Waals surface area contributed by atoms with Gasteiger partial charge in [0.25, 0.3) is 0 Å². The molecule has 150 valence electrons. The van der Waals surface area contributed by atoms with Crippen LogP contribution in [0, 0.1) is 5.92 Å². The van der Waals surface area contributed by atoms with E-state index in [2.05, 4.69) is 15.4 Å². The number of nitrogens with zero attached hydrogens (tertiary/aromatic N) is 5. The smallest absolute Gasteiger partial charge is 0.240 e. The van der Waals surface area contributed by atoms with Gasteiger partial charge < -0.3 is 14.8 Å². The van der Waals surface area contributed by atoms with Gasteiger partial charge in [0.15, 0.2) is 0 Å². The summed E-state index contributed by atoms with van der Waals surface area (Å²) in [4.78, 5) is 31.1. The predicted octanol–water partition coefficient (Wildman–Crippen LogP) is 1.49. The maximum Gasteiger partial charge on any atom is 0.240 e. The molecule has 0 spiro atoms. The van der Waals surface area contributed by atoms with Crippen molar-refractivity contribution in [3.63, 3.8) is 0 Å². The van der Waals surface area contributed by atoms with Crippen LogP contribution >= 0.6 is 0 Å². The number of hydrogen-bond donors (Lipinski definition) is 1. The Morgan fingerprint density at radius 3 is 2.86 bits per heavy atom. The highest BCUT2D eigenvalue weighted by atomic mass is 16.2. The average Bonchev–Trinajstić information content (AvgIpc) is 3.19. The Morgan fingerprint density at radius 1 is 1.25 bits per heavy atom. The van der Waals surface area contributed by atoms with Crippen LogP contribution in [0.1, 0.15) is 49.8 Å². The number of hydrogen-bond acceptors (Lipinski definition) is 4. The first-order valence-electron chi connectivity index (χ1n) is 10.2. The van der Waals surface area contributed by atoms with Gasteiger partial charge in [0.2, 0.25) is 11.8 Å². The minimum atomic E-state index is -0.0577. The van der Waals surface area contributed by atoms with E-state index >= 15 is 0 Å². The van der Waals surface area contributed by atoms with Crippen LogP contribution < -0.4 is 5.32 Å². The highest BCUT2D eigenvalue weighted by Crippen LogP contribution is 2.29. The van der Waals surface area contributed by atoms with Gasteiger partial charge in [-0.2, -0.15) is 5.10 Å². The number of rotatable bonds is 6. The van der Waals surface area contributed by atoms with E-state index in [0.29, 0.717) is 19.0 Å². The second kappa shape index (κ2) is 8.16. The van der Waals surface area contributed by atoms with E-state index < -0.39 is 0 Å². The second-order valence-electron chi connectivity index (χ2n) is 7.69. The van der Waals surface area contributed by atoms with Gasteiger partial charge in [-0.25, -0.2) is 4.98 Å². The molecule has 4 rings (SSSR count). The van der Waals surface area contributed by atoms with Gasteiger partial charge >= 0.3 is 0 Å². The fourth-order valence-corrected chi connectivity index (χ4v) is 3.91. The minimum absolute atomic E-state index is 0.0577. The number of imidazole rings is 1. The molecule has 0 atom stereocenters. The highest BCUT2D eigenvalue weighted by Gasteiger charge is 2.30. The van der Waals surface area contributed by atoms with Crippen molar-refractivity contribution in [2.75, 3.05) is 6.54 Å². The first-order chi connectivity index (χ1) is 13.6. The summed E-state index contributed by atoms with van der Waals surface area (Å²) in [5.41, 5.74) is 1.89. The van der Waals surface area contributed by atoms with Crippen molar-refractivity contribution in [2.45, 2.75) is 65.2 Å². The summed E-state index contributed by atoms with van der Waals surface area (Å²) in [6, 6.07) is 2.02. The van der Waals surface area contributed by atoms with E-state index in [1.807, 2.05) is 33.3 Å². The van der Waals surface area contributed by atoms with Crippen molar-refractivity contribution >= 4 is 11.8 Å². The summed E-state index contributed by atoms with van der Waals surface area (Å²) in [7, 11) is 0. The van der Waals surface area contributed by atoms with Crippen LogP contribution in [0.3, 0.4) is 0 Å². The highest BCUT2D eigenvalue weighted by molar-refractivity contribution is 5.79. The van der Waals surface area contributed by atoms with Crippen molar-refractivity contribution in [3.8, 4) is 0 Å². The zero-order chi connectivity index (χ0) is 19.5. The summed E-state index contributed by atoms with van der Waals surface area (Å²) >= 11 is 0. The predicted molar refractivity (Wildman–Crippen MR) is 103 cm³/mol. The van der Waals surface area contributed by atoms with E-state index in [0.717, 1.165) is 56.0 Å². The third-order valence-corrected chi connectivity index (χ3v) is 5.73. The number of fused-ring (bicyclic) bond motifs is 1. The van der Waals surface area contributed by atoms with Gasteiger partial charge in [-0.3, -0.25) is 14.3 Å². The summed E-state index contributed by atoms with van der Waals surface area (Å²) in [5, 5.41) is 7.57. The molecular weight excluding hydrogens is 356 g/mol. The molecule has 1 fully saturated rings. The van der Waals surface area contributed by atoms with Gasteiger partial charge in [-0.15, -0.1) is 0 Å². The molecule has 2 aliphatic rings. The molecule has 1 aliphatic heterocycles. The van der Waals surface area contributed by atoms with Crippen molar-refractivity contribution in [3.05, 3.63) is 35.7 Å². The second-order valence-corrected chi connectivity index (χ2v) is 7.69. The number of nitrogens with one attached hydrogen (secondary N) is 1. The van der Waals surface area contributed by atoms with Gasteiger partial charge in [-0.05, 0) is 25.3 Å². The molecule has 1 saturated carbocycles. The Kier molecular flexibility index (Phi) is 5.45. The zero-order valence-corrected chi connectivity index (χ0v) is 16.4. The SMILES string of the molecule is CCc1nccn1CC(=O)NCc1cc2n(n1)CCCN(C(=O)C1CCC1)C2. The number of aromatic nitrogens is 4. The maximum absolute atomic E-state index is 12.6. The van der Waals surface area contributed by atoms with E-state index in [-0.39, 0.29) is 18.4 Å². The standard InChI is InChI=1S/C20H28N6O2/c1-2-18-21-7-10-24(18)14-19(27)22-12-16-11-17-13-25(8-4-9-26(17)23-16)20(28)15-5-3-6-15/h7,10-11,15H,2-6,8-9,12-14H2,1H3,(H,22,27). The number of carbonyl (C=O) groups excluding carboxylic acids is 2. The van der Waals surface area contributed by atoms with E-state index in [1.165, 1.54) is 6.42 Å². The van der Waals surface area contributed by atoms with Crippen molar-refractivity contribution in [2.24, 2.45) is 5.92 Å². The van der Waals surface area contributed by atoms with Crippen molar-refractivity contribution in [1.82, 2.24) is 29.5 Å². The molecule has 3 heterocycles. The normalized spacial score (nSPS) is 17.0. The topological polar surface area (TPSA) is 85.1 Å². The van der Waals surface area contributed by atoms with E-state index in [4.69, 9.17) is 0 Å². The monoisotopic (exact) mass is 384 g/mol. The Labute approximate surface area is 164 Å². The lowest BCUT2D eigenvalue weighted by molar-refractivity contribution is -0.138. The van der Waals surface area contributed by atoms with Crippen LogP contribution in [-0.2, 0) is 42.2 Å². The Bertz CT molecular complexity index is 851. The molecule has 1 N–H and O–H groups in total. The molecule has 2 aromatic rings. The molecule has 0 unspecified atom stereocenters. The molecule has 0 saturated heterocycles. The van der Waals surface area contributed by atoms with Crippen molar-refractivity contribution < 1.29 is 9.59 Å². The molecule has 2 aromatic heterocycles. The van der Waals surface area contributed by atoms with E-state index in [1.54, 1.807) is 6.20 Å². The van der Waals surface area contributed by atoms with Gasteiger partial charge in [0.1, 0.15) is 12.4 Å². The average molecular weight is 384 g/mol. The maximum atomic E-state index is 12.6. The number of amides is 2. The Balaban J connectivity index is 1.34. The quantitative estimate of drug-likeness (QED) is 0.818. The number of carbonyl (C=O) groups is 2. The van der Waals surface area contributed by atoms with Crippen LogP contribution in [0.4, 0.5) is 0 Å². The Morgan fingerprint density at radius 2 is 2.11 bits per heavy atom. The van der Waals surface area contributed by atoms with Gasteiger partial charge in [0.05, 0.1) is 24.5 Å². The van der Waals surface area contributed by atoms with Gasteiger partial charge in [-0.1, -0.05) is 13.3 Å². The summed E-state index contributed by atoms with van der Waals surface area (Å²) in [6.07, 6.45) is 8.49. The minimum Gasteiger partial charge on any atom is -0.349 e. The Hall–Kier alpha value is -2.64. The first-order valence-corrected chi connectivity index (χ1v) is 10.2. The third kappa shape index (κ3) is 3.95. The molecular formula is C20H28N6O2. The van der Waals surface area contributed by atoms with Crippen LogP contribution in [0.5, 0.6) is 0 Å². The molecule has 2 amide bonds. The summed E-state index contributed by atoms with van der Waals surface area (Å²) < 4.78 is 3.85. The zero-order valence-electron chi connectivity index (χ0n) is 16.4.